The average molecular weight is 473 g/mol. The van der Waals surface area contributed by atoms with Crippen LogP contribution < -0.4 is 15.0 Å². The molecule has 1 N–H and O–H groups in total. The number of halogens is 1. The smallest absolute Gasteiger partial charge is 0.338 e. The molecule has 1 saturated heterocycles. The Labute approximate surface area is 180 Å². The van der Waals surface area contributed by atoms with Crippen molar-refractivity contribution in [2.45, 2.75) is 6.92 Å². The van der Waals surface area contributed by atoms with E-state index in [0.29, 0.717) is 15.8 Å². The second-order valence-corrected chi connectivity index (χ2v) is 7.07. The summed E-state index contributed by atoms with van der Waals surface area (Å²) in [5, 5.41) is 2.15. The third kappa shape index (κ3) is 4.41. The van der Waals surface area contributed by atoms with Crippen molar-refractivity contribution < 1.29 is 28.7 Å². The minimum atomic E-state index is -0.877. The van der Waals surface area contributed by atoms with Gasteiger partial charge in [-0.3, -0.25) is 14.9 Å². The first-order chi connectivity index (χ1) is 14.3. The SMILES string of the molecule is CCOC(=O)c1ccc(N2C(=O)NC(=O)/C(=C\c3cc(Br)cc(OC)c3)C2=O)cc1. The van der Waals surface area contributed by atoms with Crippen LogP contribution in [0.1, 0.15) is 22.8 Å². The number of nitrogens with one attached hydrogen (secondary N) is 1. The fraction of sp³-hybridized carbons (Fsp3) is 0.143. The van der Waals surface area contributed by atoms with Gasteiger partial charge in [0.2, 0.25) is 0 Å². The van der Waals surface area contributed by atoms with Crippen LogP contribution in [0.2, 0.25) is 0 Å². The molecular formula is C21H17BrN2O6. The van der Waals surface area contributed by atoms with Gasteiger partial charge in [-0.05, 0) is 61.0 Å². The monoisotopic (exact) mass is 472 g/mol. The molecule has 1 fully saturated rings. The van der Waals surface area contributed by atoms with E-state index in [1.807, 2.05) is 0 Å². The number of methoxy groups -OCH3 is 1. The summed E-state index contributed by atoms with van der Waals surface area (Å²) in [5.41, 5.74) is 0.796. The molecule has 0 unspecified atom stereocenters. The number of imide groups is 2. The van der Waals surface area contributed by atoms with E-state index < -0.39 is 23.8 Å². The molecule has 0 aliphatic carbocycles. The first-order valence-corrected chi connectivity index (χ1v) is 9.66. The lowest BCUT2D eigenvalue weighted by molar-refractivity contribution is -0.122. The number of barbiturate groups is 1. The van der Waals surface area contributed by atoms with Gasteiger partial charge in [0.25, 0.3) is 11.8 Å². The van der Waals surface area contributed by atoms with Gasteiger partial charge in [0.15, 0.2) is 0 Å². The number of hydrogen-bond donors (Lipinski definition) is 1. The highest BCUT2D eigenvalue weighted by molar-refractivity contribution is 9.10. The predicted molar refractivity (Wildman–Crippen MR) is 112 cm³/mol. The van der Waals surface area contributed by atoms with Gasteiger partial charge in [0, 0.05) is 4.47 Å². The number of benzene rings is 2. The quantitative estimate of drug-likeness (QED) is 0.406. The molecule has 1 heterocycles. The van der Waals surface area contributed by atoms with Gasteiger partial charge in [0.05, 0.1) is 25.0 Å². The number of esters is 1. The summed E-state index contributed by atoms with van der Waals surface area (Å²) in [6.07, 6.45) is 1.37. The topological polar surface area (TPSA) is 102 Å². The van der Waals surface area contributed by atoms with Crippen molar-refractivity contribution >= 4 is 51.5 Å². The van der Waals surface area contributed by atoms with Crippen LogP contribution in [0.3, 0.4) is 0 Å². The molecule has 8 nitrogen and oxygen atoms in total. The molecule has 0 aromatic heterocycles. The molecule has 0 spiro atoms. The van der Waals surface area contributed by atoms with Crippen LogP contribution in [0, 0.1) is 0 Å². The second kappa shape index (κ2) is 8.91. The van der Waals surface area contributed by atoms with E-state index in [4.69, 9.17) is 9.47 Å². The van der Waals surface area contributed by atoms with Gasteiger partial charge in [0.1, 0.15) is 11.3 Å². The van der Waals surface area contributed by atoms with Crippen LogP contribution in [-0.2, 0) is 14.3 Å². The molecule has 9 heteroatoms. The molecule has 0 radical (unpaired) electrons. The Morgan fingerprint density at radius 2 is 1.83 bits per heavy atom. The van der Waals surface area contributed by atoms with E-state index in [0.717, 1.165) is 4.90 Å². The third-order valence-corrected chi connectivity index (χ3v) is 4.64. The number of hydrogen-bond acceptors (Lipinski definition) is 6. The number of carbonyl (C=O) groups excluding carboxylic acids is 4. The highest BCUT2D eigenvalue weighted by atomic mass is 79.9. The van der Waals surface area contributed by atoms with E-state index >= 15 is 0 Å². The Morgan fingerprint density at radius 3 is 2.47 bits per heavy atom. The van der Waals surface area contributed by atoms with Crippen LogP contribution in [0.4, 0.5) is 10.5 Å². The van der Waals surface area contributed by atoms with Crippen LogP contribution in [0.25, 0.3) is 6.08 Å². The number of urea groups is 1. The molecule has 2 aromatic rings. The molecule has 154 valence electrons. The largest absolute Gasteiger partial charge is 0.497 e. The standard InChI is InChI=1S/C21H17BrN2O6/c1-3-30-20(27)13-4-6-15(7-5-13)24-19(26)17(18(25)23-21(24)28)10-12-8-14(22)11-16(9-12)29-2/h4-11H,3H2,1-2H3,(H,23,25,28)/b17-10+. The third-order valence-electron chi connectivity index (χ3n) is 4.18. The molecule has 0 saturated carbocycles. The number of ether oxygens (including phenoxy) is 2. The Balaban J connectivity index is 1.95. The van der Waals surface area contributed by atoms with Crippen molar-refractivity contribution in [1.82, 2.24) is 5.32 Å². The van der Waals surface area contributed by atoms with Crippen molar-refractivity contribution in [2.24, 2.45) is 0 Å². The highest BCUT2D eigenvalue weighted by Crippen LogP contribution is 2.26. The molecule has 2 aromatic carbocycles. The summed E-state index contributed by atoms with van der Waals surface area (Å²) in [6.45, 7) is 1.92. The zero-order chi connectivity index (χ0) is 21.8. The fourth-order valence-corrected chi connectivity index (χ4v) is 3.30. The van der Waals surface area contributed by atoms with Crippen LogP contribution >= 0.6 is 15.9 Å². The normalized spacial score (nSPS) is 15.2. The molecule has 0 bridgehead atoms. The van der Waals surface area contributed by atoms with Gasteiger partial charge in [-0.1, -0.05) is 15.9 Å². The first-order valence-electron chi connectivity index (χ1n) is 8.87. The number of rotatable bonds is 5. The van der Waals surface area contributed by atoms with E-state index in [1.54, 1.807) is 25.1 Å². The van der Waals surface area contributed by atoms with Gasteiger partial charge in [-0.25, -0.2) is 14.5 Å². The molecule has 0 atom stereocenters. The van der Waals surface area contributed by atoms with Crippen LogP contribution in [-0.4, -0.2) is 37.5 Å². The molecule has 1 aliphatic heterocycles. The highest BCUT2D eigenvalue weighted by Gasteiger charge is 2.36. The average Bonchev–Trinajstić information content (AvgIpc) is 2.71. The number of nitrogens with zero attached hydrogens (tertiary/aromatic N) is 1. The first kappa shape index (κ1) is 21.3. The van der Waals surface area contributed by atoms with Crippen LogP contribution in [0.15, 0.2) is 52.5 Å². The maximum atomic E-state index is 13.0. The van der Waals surface area contributed by atoms with E-state index in [9.17, 15) is 19.2 Å². The van der Waals surface area contributed by atoms with Crippen molar-refractivity contribution in [2.75, 3.05) is 18.6 Å². The second-order valence-electron chi connectivity index (χ2n) is 6.15. The van der Waals surface area contributed by atoms with Gasteiger partial charge in [-0.2, -0.15) is 0 Å². The van der Waals surface area contributed by atoms with Crippen molar-refractivity contribution in [1.29, 1.82) is 0 Å². The lowest BCUT2D eigenvalue weighted by Gasteiger charge is -2.26. The number of amides is 4. The Kier molecular flexibility index (Phi) is 6.31. The summed E-state index contributed by atoms with van der Waals surface area (Å²) < 4.78 is 10.8. The zero-order valence-corrected chi connectivity index (χ0v) is 17.7. The Hall–Kier alpha value is -3.46. The fourth-order valence-electron chi connectivity index (χ4n) is 2.81. The zero-order valence-electron chi connectivity index (χ0n) is 16.1. The van der Waals surface area contributed by atoms with Crippen LogP contribution in [0.5, 0.6) is 5.75 Å². The van der Waals surface area contributed by atoms with E-state index in [2.05, 4.69) is 21.2 Å². The van der Waals surface area contributed by atoms with Crippen molar-refractivity contribution in [3.05, 3.63) is 63.6 Å². The lowest BCUT2D eigenvalue weighted by Crippen LogP contribution is -2.54. The van der Waals surface area contributed by atoms with Crippen molar-refractivity contribution in [3.8, 4) is 5.75 Å². The van der Waals surface area contributed by atoms with Gasteiger partial charge in [-0.15, -0.1) is 0 Å². The summed E-state index contributed by atoms with van der Waals surface area (Å²) >= 11 is 3.34. The minimum absolute atomic E-state index is 0.204. The summed E-state index contributed by atoms with van der Waals surface area (Å²) in [4.78, 5) is 50.2. The molecule has 4 amide bonds. The summed E-state index contributed by atoms with van der Waals surface area (Å²) in [6, 6.07) is 9.93. The lowest BCUT2D eigenvalue weighted by atomic mass is 10.1. The van der Waals surface area contributed by atoms with E-state index in [1.165, 1.54) is 37.5 Å². The Bertz CT molecular complexity index is 1060. The molecule has 3 rings (SSSR count). The van der Waals surface area contributed by atoms with E-state index in [-0.39, 0.29) is 23.4 Å². The predicted octanol–water partition coefficient (Wildman–Crippen LogP) is 3.30. The van der Waals surface area contributed by atoms with Gasteiger partial charge >= 0.3 is 12.0 Å². The number of carbonyl (C=O) groups is 4. The number of anilines is 1. The molecular weight excluding hydrogens is 456 g/mol. The maximum absolute atomic E-state index is 13.0. The molecule has 30 heavy (non-hydrogen) atoms. The maximum Gasteiger partial charge on any atom is 0.338 e. The Morgan fingerprint density at radius 1 is 1.13 bits per heavy atom. The summed E-state index contributed by atoms with van der Waals surface area (Å²) in [7, 11) is 1.50. The minimum Gasteiger partial charge on any atom is -0.497 e. The van der Waals surface area contributed by atoms with Crippen molar-refractivity contribution in [3.63, 3.8) is 0 Å². The summed E-state index contributed by atoms with van der Waals surface area (Å²) in [5.74, 6) is -1.57. The molecule has 1 aliphatic rings. The van der Waals surface area contributed by atoms with Gasteiger partial charge < -0.3 is 9.47 Å².